The third-order valence-electron chi connectivity index (χ3n) is 7.89. The lowest BCUT2D eigenvalue weighted by atomic mass is 9.99. The lowest BCUT2D eigenvalue weighted by Crippen LogP contribution is -2.27. The molecule has 4 aromatic carbocycles. The standard InChI is InChI=1S/C35H28F10O3/c1-2-3-4-5-18-16-46-34(47-17-18)19-6-8-23(25(36)10-19)21-13-29(40)32(30(41)14-21)35(44,45)48-22-7-9-24(26(37)15-22)20-11-27(38)31(33(42)43)28(39)12-20/h6-15,18,33-34H,2-5,16-17H2,1H3. The second-order valence-electron chi connectivity index (χ2n) is 11.3. The van der Waals surface area contributed by atoms with Crippen molar-refractivity contribution < 1.29 is 58.1 Å². The van der Waals surface area contributed by atoms with Gasteiger partial charge < -0.3 is 14.2 Å². The zero-order chi connectivity index (χ0) is 34.7. The van der Waals surface area contributed by atoms with E-state index in [1.807, 2.05) is 0 Å². The van der Waals surface area contributed by atoms with E-state index in [1.54, 1.807) is 0 Å². The summed E-state index contributed by atoms with van der Waals surface area (Å²) in [5.41, 5.74) is -4.84. The summed E-state index contributed by atoms with van der Waals surface area (Å²) in [5.74, 6) is -9.92. The molecule has 0 atom stereocenters. The van der Waals surface area contributed by atoms with Crippen molar-refractivity contribution in [2.75, 3.05) is 13.2 Å². The number of alkyl halides is 4. The van der Waals surface area contributed by atoms with Crippen molar-refractivity contribution in [2.45, 2.75) is 51.4 Å². The summed E-state index contributed by atoms with van der Waals surface area (Å²) in [6.45, 7) is 2.93. The topological polar surface area (TPSA) is 27.7 Å². The average Bonchev–Trinajstić information content (AvgIpc) is 3.00. The molecule has 4 aromatic rings. The number of unbranched alkanes of at least 4 members (excludes halogenated alkanes) is 2. The van der Waals surface area contributed by atoms with Gasteiger partial charge in [0, 0.05) is 28.7 Å². The second-order valence-corrected chi connectivity index (χ2v) is 11.3. The van der Waals surface area contributed by atoms with Gasteiger partial charge in [0.15, 0.2) is 6.29 Å². The Morgan fingerprint density at radius 1 is 0.708 bits per heavy atom. The van der Waals surface area contributed by atoms with Crippen LogP contribution in [0.1, 0.15) is 62.0 Å². The van der Waals surface area contributed by atoms with Crippen molar-refractivity contribution in [3.63, 3.8) is 0 Å². The summed E-state index contributed by atoms with van der Waals surface area (Å²) in [6, 6.07) is 7.36. The zero-order valence-corrected chi connectivity index (χ0v) is 25.3. The summed E-state index contributed by atoms with van der Waals surface area (Å²) in [6.07, 6.45) is -4.92. The number of halogens is 10. The predicted octanol–water partition coefficient (Wildman–Crippen LogP) is 11.2. The maximum absolute atomic E-state index is 15.1. The van der Waals surface area contributed by atoms with Crippen molar-refractivity contribution in [1.82, 2.24) is 0 Å². The Morgan fingerprint density at radius 3 is 1.77 bits per heavy atom. The third kappa shape index (κ3) is 7.62. The molecule has 13 heteroatoms. The molecule has 0 bridgehead atoms. The first kappa shape index (κ1) is 35.2. The molecule has 1 heterocycles. The highest BCUT2D eigenvalue weighted by Gasteiger charge is 2.41. The van der Waals surface area contributed by atoms with E-state index in [0.29, 0.717) is 49.1 Å². The maximum atomic E-state index is 15.1. The molecule has 1 saturated heterocycles. The summed E-state index contributed by atoms with van der Waals surface area (Å²) in [4.78, 5) is 0. The molecule has 0 spiro atoms. The maximum Gasteiger partial charge on any atom is 0.432 e. The second kappa shape index (κ2) is 14.6. The molecular weight excluding hydrogens is 658 g/mol. The number of ether oxygens (including phenoxy) is 3. The van der Waals surface area contributed by atoms with E-state index >= 15 is 22.0 Å². The SMILES string of the molecule is CCCCCC1COC(c2ccc(-c3cc(F)c(C(F)(F)Oc4ccc(-c5cc(F)c(C(F)F)c(F)c5)c(F)c4)c(F)c3)c(F)c2)OC1. The van der Waals surface area contributed by atoms with Crippen LogP contribution in [0.25, 0.3) is 22.3 Å². The molecule has 48 heavy (non-hydrogen) atoms. The quantitative estimate of drug-likeness (QED) is 0.116. The molecule has 1 fully saturated rings. The number of hydrogen-bond acceptors (Lipinski definition) is 3. The van der Waals surface area contributed by atoms with Gasteiger partial charge in [-0.2, -0.15) is 8.78 Å². The normalized spacial score (nSPS) is 16.8. The molecule has 0 N–H and O–H groups in total. The fourth-order valence-corrected chi connectivity index (χ4v) is 5.44. The van der Waals surface area contributed by atoms with E-state index in [2.05, 4.69) is 11.7 Å². The Bertz CT molecular complexity index is 1720. The van der Waals surface area contributed by atoms with Crippen molar-refractivity contribution in [1.29, 1.82) is 0 Å². The molecule has 0 aromatic heterocycles. The fraction of sp³-hybridized carbons (Fsp3) is 0.314. The average molecular weight is 687 g/mol. The van der Waals surface area contributed by atoms with E-state index < -0.39 is 87.3 Å². The summed E-state index contributed by atoms with van der Waals surface area (Å²) < 4.78 is 159. The minimum Gasteiger partial charge on any atom is -0.429 e. The van der Waals surface area contributed by atoms with Crippen LogP contribution in [0.15, 0.2) is 60.7 Å². The number of benzene rings is 4. The van der Waals surface area contributed by atoms with Crippen LogP contribution in [-0.2, 0) is 15.6 Å². The molecule has 0 unspecified atom stereocenters. The molecular formula is C35H28F10O3. The molecule has 1 aliphatic rings. The van der Waals surface area contributed by atoms with Gasteiger partial charge in [0.1, 0.15) is 46.2 Å². The Balaban J connectivity index is 1.31. The molecule has 0 amide bonds. The highest BCUT2D eigenvalue weighted by molar-refractivity contribution is 5.67. The van der Waals surface area contributed by atoms with Gasteiger partial charge >= 0.3 is 6.11 Å². The van der Waals surface area contributed by atoms with Gasteiger partial charge in [-0.25, -0.2) is 35.1 Å². The first-order valence-corrected chi connectivity index (χ1v) is 14.9. The number of hydrogen-bond donors (Lipinski definition) is 0. The Morgan fingerprint density at radius 2 is 1.25 bits per heavy atom. The van der Waals surface area contributed by atoms with Crippen LogP contribution in [0.2, 0.25) is 0 Å². The van der Waals surface area contributed by atoms with E-state index in [4.69, 9.17) is 9.47 Å². The molecule has 256 valence electrons. The molecule has 0 saturated carbocycles. The fourth-order valence-electron chi connectivity index (χ4n) is 5.44. The summed E-state index contributed by atoms with van der Waals surface area (Å²) in [5, 5.41) is 0. The predicted molar refractivity (Wildman–Crippen MR) is 155 cm³/mol. The minimum atomic E-state index is -4.72. The Kier molecular flexibility index (Phi) is 10.7. The Labute approximate surface area is 269 Å². The first-order chi connectivity index (χ1) is 22.8. The largest absolute Gasteiger partial charge is 0.432 e. The minimum absolute atomic E-state index is 0.207. The lowest BCUT2D eigenvalue weighted by molar-refractivity contribution is -0.206. The molecule has 0 aliphatic carbocycles. The molecule has 3 nitrogen and oxygen atoms in total. The van der Waals surface area contributed by atoms with Crippen molar-refractivity contribution in [3.8, 4) is 28.0 Å². The smallest absolute Gasteiger partial charge is 0.429 e. The van der Waals surface area contributed by atoms with E-state index in [1.165, 1.54) is 12.1 Å². The van der Waals surface area contributed by atoms with Gasteiger partial charge in [-0.15, -0.1) is 0 Å². The zero-order valence-electron chi connectivity index (χ0n) is 25.3. The van der Waals surface area contributed by atoms with Gasteiger partial charge in [0.2, 0.25) is 0 Å². The van der Waals surface area contributed by atoms with Gasteiger partial charge in [0.25, 0.3) is 6.43 Å². The summed E-state index contributed by atoms with van der Waals surface area (Å²) >= 11 is 0. The van der Waals surface area contributed by atoms with E-state index in [-0.39, 0.29) is 11.5 Å². The van der Waals surface area contributed by atoms with Crippen LogP contribution in [0.3, 0.4) is 0 Å². The van der Waals surface area contributed by atoms with Gasteiger partial charge in [-0.05, 0) is 60.0 Å². The number of rotatable bonds is 11. The van der Waals surface area contributed by atoms with Gasteiger partial charge in [0.05, 0.1) is 18.8 Å². The van der Waals surface area contributed by atoms with Crippen LogP contribution < -0.4 is 4.74 Å². The monoisotopic (exact) mass is 686 g/mol. The lowest BCUT2D eigenvalue weighted by Gasteiger charge is -2.29. The van der Waals surface area contributed by atoms with Crippen molar-refractivity contribution in [2.24, 2.45) is 5.92 Å². The van der Waals surface area contributed by atoms with E-state index in [0.717, 1.165) is 43.9 Å². The van der Waals surface area contributed by atoms with Crippen LogP contribution in [0.5, 0.6) is 5.75 Å². The van der Waals surface area contributed by atoms with Crippen molar-refractivity contribution in [3.05, 3.63) is 112 Å². The molecule has 1 aliphatic heterocycles. The summed E-state index contributed by atoms with van der Waals surface area (Å²) in [7, 11) is 0. The third-order valence-corrected chi connectivity index (χ3v) is 7.89. The van der Waals surface area contributed by atoms with Crippen molar-refractivity contribution >= 4 is 0 Å². The van der Waals surface area contributed by atoms with Crippen LogP contribution in [0, 0.1) is 40.8 Å². The van der Waals surface area contributed by atoms with Gasteiger partial charge in [-0.3, -0.25) is 0 Å². The molecule has 5 rings (SSSR count). The van der Waals surface area contributed by atoms with E-state index in [9.17, 15) is 22.0 Å². The Hall–Kier alpha value is -4.10. The molecule has 0 radical (unpaired) electrons. The highest BCUT2D eigenvalue weighted by atomic mass is 19.3. The highest BCUT2D eigenvalue weighted by Crippen LogP contribution is 2.39. The van der Waals surface area contributed by atoms with Crippen LogP contribution in [-0.4, -0.2) is 13.2 Å². The van der Waals surface area contributed by atoms with Crippen LogP contribution in [0.4, 0.5) is 43.9 Å². The first-order valence-electron chi connectivity index (χ1n) is 14.9. The van der Waals surface area contributed by atoms with Gasteiger partial charge in [-0.1, -0.05) is 38.3 Å². The van der Waals surface area contributed by atoms with Crippen LogP contribution >= 0.6 is 0 Å².